The Morgan fingerprint density at radius 3 is 2.63 bits per heavy atom. The molecule has 0 unspecified atom stereocenters. The summed E-state index contributed by atoms with van der Waals surface area (Å²) in [4.78, 5) is 4.30. The van der Waals surface area contributed by atoms with Gasteiger partial charge in [0.2, 0.25) is 10.0 Å². The van der Waals surface area contributed by atoms with Gasteiger partial charge < -0.3 is 5.11 Å². The van der Waals surface area contributed by atoms with Crippen molar-refractivity contribution in [1.29, 1.82) is 0 Å². The molecule has 0 saturated heterocycles. The van der Waals surface area contributed by atoms with Crippen molar-refractivity contribution in [3.05, 3.63) is 72.2 Å². The first kappa shape index (κ1) is 18.0. The summed E-state index contributed by atoms with van der Waals surface area (Å²) in [6.07, 6.45) is 2.24. The Hall–Kier alpha value is -2.35. The van der Waals surface area contributed by atoms with E-state index >= 15 is 0 Å². The second kappa shape index (κ2) is 6.99. The summed E-state index contributed by atoms with van der Waals surface area (Å²) in [5, 5.41) is 10.6. The van der Waals surface area contributed by atoms with Crippen LogP contribution in [0.25, 0.3) is 10.9 Å². The van der Waals surface area contributed by atoms with Crippen LogP contribution < -0.4 is 4.72 Å². The number of pyridine rings is 1. The zero-order valence-electron chi connectivity index (χ0n) is 14.4. The standard InChI is InChI=1S/C20H19FN2O3S/c21-16-5-3-6-18(11-16)27(25,26)23-20(14-9-17(24)10-14)15-8-13-4-1-2-7-19(13)22-12-15/h1-8,11-12,14,17,20,23-24H,9-10H2/t14?,17?,20-/m1/s1. The number of nitrogens with zero attached hydrogens (tertiary/aromatic N) is 1. The smallest absolute Gasteiger partial charge is 0.241 e. The van der Waals surface area contributed by atoms with Crippen molar-refractivity contribution in [3.8, 4) is 0 Å². The van der Waals surface area contributed by atoms with E-state index in [1.165, 1.54) is 18.2 Å². The van der Waals surface area contributed by atoms with E-state index in [-0.39, 0.29) is 10.8 Å². The number of fused-ring (bicyclic) bond motifs is 1. The van der Waals surface area contributed by atoms with Gasteiger partial charge in [0.25, 0.3) is 0 Å². The van der Waals surface area contributed by atoms with Gasteiger partial charge in [0.1, 0.15) is 5.82 Å². The Balaban J connectivity index is 1.70. The molecule has 3 aromatic rings. The lowest BCUT2D eigenvalue weighted by Crippen LogP contribution is -2.41. The first-order valence-electron chi connectivity index (χ1n) is 8.73. The van der Waals surface area contributed by atoms with Crippen LogP contribution in [-0.2, 0) is 10.0 Å². The lowest BCUT2D eigenvalue weighted by Gasteiger charge is -2.38. The normalized spacial score (nSPS) is 21.0. The third-order valence-electron chi connectivity index (χ3n) is 4.98. The molecule has 1 aromatic heterocycles. The third kappa shape index (κ3) is 3.71. The van der Waals surface area contributed by atoms with E-state index in [1.807, 2.05) is 30.3 Å². The number of rotatable bonds is 5. The molecule has 1 atom stereocenters. The Labute approximate surface area is 156 Å². The van der Waals surface area contributed by atoms with Crippen LogP contribution in [0.1, 0.15) is 24.4 Å². The molecule has 0 bridgehead atoms. The monoisotopic (exact) mass is 386 g/mol. The highest BCUT2D eigenvalue weighted by molar-refractivity contribution is 7.89. The molecule has 1 heterocycles. The highest BCUT2D eigenvalue weighted by atomic mass is 32.2. The number of hydrogen-bond donors (Lipinski definition) is 2. The summed E-state index contributed by atoms with van der Waals surface area (Å²) in [6, 6.07) is 13.9. The predicted octanol–water partition coefficient (Wildman–Crippen LogP) is 3.16. The molecule has 27 heavy (non-hydrogen) atoms. The van der Waals surface area contributed by atoms with Crippen LogP contribution in [0.5, 0.6) is 0 Å². The molecule has 1 saturated carbocycles. The number of nitrogens with one attached hydrogen (secondary N) is 1. The minimum absolute atomic E-state index is 0.0497. The van der Waals surface area contributed by atoms with Gasteiger partial charge in [-0.1, -0.05) is 24.3 Å². The number of sulfonamides is 1. The van der Waals surface area contributed by atoms with Crippen LogP contribution in [0.4, 0.5) is 4.39 Å². The molecule has 2 N–H and O–H groups in total. The number of aliphatic hydroxyl groups excluding tert-OH is 1. The molecule has 7 heteroatoms. The summed E-state index contributed by atoms with van der Waals surface area (Å²) in [6.45, 7) is 0. The zero-order valence-corrected chi connectivity index (χ0v) is 15.2. The number of aromatic nitrogens is 1. The van der Waals surface area contributed by atoms with Crippen molar-refractivity contribution in [2.24, 2.45) is 5.92 Å². The highest BCUT2D eigenvalue weighted by Crippen LogP contribution is 2.39. The average Bonchev–Trinajstić information content (AvgIpc) is 2.63. The first-order chi connectivity index (χ1) is 12.9. The number of hydrogen-bond acceptors (Lipinski definition) is 4. The van der Waals surface area contributed by atoms with E-state index in [2.05, 4.69) is 9.71 Å². The van der Waals surface area contributed by atoms with Gasteiger partial charge in [-0.2, -0.15) is 0 Å². The lowest BCUT2D eigenvalue weighted by atomic mass is 9.75. The van der Waals surface area contributed by atoms with Gasteiger partial charge >= 0.3 is 0 Å². The largest absolute Gasteiger partial charge is 0.393 e. The maximum Gasteiger partial charge on any atom is 0.241 e. The Morgan fingerprint density at radius 1 is 1.11 bits per heavy atom. The molecular formula is C20H19FN2O3S. The minimum atomic E-state index is -3.92. The van der Waals surface area contributed by atoms with Gasteiger partial charge in [0, 0.05) is 11.6 Å². The summed E-state index contributed by atoms with van der Waals surface area (Å²) in [7, 11) is -3.92. The molecule has 0 amide bonds. The summed E-state index contributed by atoms with van der Waals surface area (Å²) >= 11 is 0. The second-order valence-corrected chi connectivity index (χ2v) is 8.62. The van der Waals surface area contributed by atoms with Crippen LogP contribution in [-0.4, -0.2) is 24.6 Å². The van der Waals surface area contributed by atoms with Crippen LogP contribution in [0.3, 0.4) is 0 Å². The Kier molecular flexibility index (Phi) is 4.67. The molecule has 0 radical (unpaired) electrons. The maximum absolute atomic E-state index is 13.5. The molecule has 4 rings (SSSR count). The topological polar surface area (TPSA) is 79.3 Å². The van der Waals surface area contributed by atoms with Crippen molar-refractivity contribution in [2.45, 2.75) is 29.9 Å². The van der Waals surface area contributed by atoms with Gasteiger partial charge in [-0.05, 0) is 54.7 Å². The highest BCUT2D eigenvalue weighted by Gasteiger charge is 2.37. The number of benzene rings is 2. The molecular weight excluding hydrogens is 367 g/mol. The number of para-hydroxylation sites is 1. The fourth-order valence-corrected chi connectivity index (χ4v) is 4.79. The summed E-state index contributed by atoms with van der Waals surface area (Å²) in [5.74, 6) is -0.660. The quantitative estimate of drug-likeness (QED) is 0.706. The van der Waals surface area contributed by atoms with Gasteiger partial charge in [0.05, 0.1) is 22.6 Å². The molecule has 0 aliphatic heterocycles. The second-order valence-electron chi connectivity index (χ2n) is 6.90. The van der Waals surface area contributed by atoms with Crippen molar-refractivity contribution in [1.82, 2.24) is 9.71 Å². The molecule has 1 aliphatic carbocycles. The van der Waals surface area contributed by atoms with Gasteiger partial charge in [-0.15, -0.1) is 0 Å². The van der Waals surface area contributed by atoms with Crippen LogP contribution >= 0.6 is 0 Å². The predicted molar refractivity (Wildman–Crippen MR) is 99.9 cm³/mol. The number of halogens is 1. The van der Waals surface area contributed by atoms with Crippen LogP contribution in [0.2, 0.25) is 0 Å². The Bertz CT molecular complexity index is 1080. The molecule has 1 fully saturated rings. The van der Waals surface area contributed by atoms with E-state index in [4.69, 9.17) is 0 Å². The van der Waals surface area contributed by atoms with E-state index < -0.39 is 28.0 Å². The first-order valence-corrected chi connectivity index (χ1v) is 10.2. The van der Waals surface area contributed by atoms with Crippen molar-refractivity contribution in [2.75, 3.05) is 0 Å². The maximum atomic E-state index is 13.5. The molecule has 1 aliphatic rings. The van der Waals surface area contributed by atoms with Crippen molar-refractivity contribution >= 4 is 20.9 Å². The van der Waals surface area contributed by atoms with Gasteiger partial charge in [-0.3, -0.25) is 4.98 Å². The fourth-order valence-electron chi connectivity index (χ4n) is 3.47. The molecule has 140 valence electrons. The van der Waals surface area contributed by atoms with Crippen molar-refractivity contribution in [3.63, 3.8) is 0 Å². The average molecular weight is 386 g/mol. The van der Waals surface area contributed by atoms with E-state index in [9.17, 15) is 17.9 Å². The Morgan fingerprint density at radius 2 is 1.89 bits per heavy atom. The summed E-state index contributed by atoms with van der Waals surface area (Å²) < 4.78 is 41.8. The SMILES string of the molecule is O=S(=O)(N[C@@H](c1cnc2ccccc2c1)C1CC(O)C1)c1cccc(F)c1. The fraction of sp³-hybridized carbons (Fsp3) is 0.250. The van der Waals surface area contributed by atoms with Gasteiger partial charge in [0.15, 0.2) is 0 Å². The lowest BCUT2D eigenvalue weighted by molar-refractivity contribution is 0.0280. The van der Waals surface area contributed by atoms with Crippen molar-refractivity contribution < 1.29 is 17.9 Å². The van der Waals surface area contributed by atoms with E-state index in [0.29, 0.717) is 12.8 Å². The zero-order chi connectivity index (χ0) is 19.0. The van der Waals surface area contributed by atoms with E-state index in [0.717, 1.165) is 22.5 Å². The summed E-state index contributed by atoms with van der Waals surface area (Å²) in [5.41, 5.74) is 1.55. The minimum Gasteiger partial charge on any atom is -0.393 e. The third-order valence-corrected chi connectivity index (χ3v) is 6.42. The van der Waals surface area contributed by atoms with E-state index in [1.54, 1.807) is 6.20 Å². The molecule has 0 spiro atoms. The number of aliphatic hydroxyl groups is 1. The molecule has 5 nitrogen and oxygen atoms in total. The molecule has 2 aromatic carbocycles. The van der Waals surface area contributed by atoms with Crippen LogP contribution in [0.15, 0.2) is 65.7 Å². The van der Waals surface area contributed by atoms with Gasteiger partial charge in [-0.25, -0.2) is 17.5 Å². The van der Waals surface area contributed by atoms with Crippen LogP contribution in [0, 0.1) is 11.7 Å².